The van der Waals surface area contributed by atoms with E-state index in [0.717, 1.165) is 38.7 Å². The highest BCUT2D eigenvalue weighted by atomic mass is 16.3. The van der Waals surface area contributed by atoms with Gasteiger partial charge in [-0.15, -0.1) is 0 Å². The van der Waals surface area contributed by atoms with Gasteiger partial charge in [0.2, 0.25) is 0 Å². The zero-order valence-electron chi connectivity index (χ0n) is 18.5. The van der Waals surface area contributed by atoms with E-state index in [0.29, 0.717) is 5.92 Å². The predicted octanol–water partition coefficient (Wildman–Crippen LogP) is 6.73. The highest BCUT2D eigenvalue weighted by Gasteiger charge is 2.21. The molecule has 0 aliphatic rings. The number of rotatable bonds is 5. The minimum Gasteiger partial charge on any atom is -0.386 e. The Morgan fingerprint density at radius 1 is 0.968 bits per heavy atom. The maximum atomic E-state index is 10.8. The number of hydrogen-bond donors (Lipinski definition) is 1. The molecule has 3 heteroatoms. The number of pyridine rings is 2. The molecule has 0 saturated carbocycles. The normalized spacial score (nSPS) is 12.5. The molecule has 4 rings (SSSR count). The van der Waals surface area contributed by atoms with Crippen molar-refractivity contribution in [2.75, 3.05) is 0 Å². The molecule has 3 nitrogen and oxygen atoms in total. The van der Waals surface area contributed by atoms with E-state index in [2.05, 4.69) is 66.3 Å². The second kappa shape index (κ2) is 8.44. The molecule has 0 aliphatic heterocycles. The first-order chi connectivity index (χ1) is 14.8. The van der Waals surface area contributed by atoms with E-state index in [1.54, 1.807) is 26.2 Å². The van der Waals surface area contributed by atoms with Crippen LogP contribution in [0, 0.1) is 0 Å². The van der Waals surface area contributed by atoms with Crippen molar-refractivity contribution >= 4 is 22.6 Å². The van der Waals surface area contributed by atoms with Gasteiger partial charge in [-0.1, -0.05) is 44.2 Å². The van der Waals surface area contributed by atoms with Crippen LogP contribution >= 0.6 is 0 Å². The van der Waals surface area contributed by atoms with Gasteiger partial charge < -0.3 is 5.11 Å². The molecule has 1 N–H and O–H groups in total. The maximum absolute atomic E-state index is 10.8. The molecule has 31 heavy (non-hydrogen) atoms. The van der Waals surface area contributed by atoms with Gasteiger partial charge in [-0.05, 0) is 84.0 Å². The van der Waals surface area contributed by atoms with Gasteiger partial charge in [0.1, 0.15) is 0 Å². The van der Waals surface area contributed by atoms with Gasteiger partial charge in [0.15, 0.2) is 0 Å². The number of fused-ring (bicyclic) bond motifs is 1. The van der Waals surface area contributed by atoms with Gasteiger partial charge in [0.05, 0.1) is 11.1 Å². The lowest BCUT2D eigenvalue weighted by Crippen LogP contribution is -2.20. The Balaban J connectivity index is 1.87. The number of hydrogen-bond acceptors (Lipinski definition) is 3. The average molecular weight is 409 g/mol. The summed E-state index contributed by atoms with van der Waals surface area (Å²) >= 11 is 0. The summed E-state index contributed by atoms with van der Waals surface area (Å²) in [5.74, 6) is 0.429. The molecule has 156 valence electrons. The third-order valence-electron chi connectivity index (χ3n) is 5.53. The first-order valence-electron chi connectivity index (χ1n) is 10.7. The number of aliphatic hydroxyl groups is 1. The Labute approximate surface area is 184 Å². The quantitative estimate of drug-likeness (QED) is 0.398. The van der Waals surface area contributed by atoms with E-state index in [1.165, 1.54) is 5.56 Å². The number of nitrogens with zero attached hydrogens (tertiary/aromatic N) is 2. The molecule has 2 aromatic heterocycles. The molecule has 0 bridgehead atoms. The summed E-state index contributed by atoms with van der Waals surface area (Å²) in [6.07, 6.45) is 7.42. The molecule has 0 unspecified atom stereocenters. The van der Waals surface area contributed by atoms with Crippen molar-refractivity contribution in [3.63, 3.8) is 0 Å². The molecule has 0 radical (unpaired) electrons. The topological polar surface area (TPSA) is 46.0 Å². The average Bonchev–Trinajstić information content (AvgIpc) is 2.76. The molecule has 0 aliphatic carbocycles. The minimum atomic E-state index is -0.995. The van der Waals surface area contributed by atoms with Crippen LogP contribution in [0.3, 0.4) is 0 Å². The summed E-state index contributed by atoms with van der Waals surface area (Å²) in [6, 6.07) is 20.9. The van der Waals surface area contributed by atoms with Gasteiger partial charge >= 0.3 is 0 Å². The molecule has 0 fully saturated rings. The molecule has 0 atom stereocenters. The van der Waals surface area contributed by atoms with E-state index in [9.17, 15) is 5.11 Å². The Bertz CT molecular complexity index is 1230. The molecule has 0 spiro atoms. The SMILES string of the molecule is CC(C)c1cc(-c2cccc(/C=C(\c3cccnc3)C(C)(C)O)c2)c2ncccc2c1. The van der Waals surface area contributed by atoms with Crippen molar-refractivity contribution in [3.05, 3.63) is 95.9 Å². The van der Waals surface area contributed by atoms with Crippen LogP contribution in [0.2, 0.25) is 0 Å². The van der Waals surface area contributed by atoms with E-state index < -0.39 is 5.60 Å². The summed E-state index contributed by atoms with van der Waals surface area (Å²) in [6.45, 7) is 8.03. The molecule has 0 amide bonds. The molecule has 4 aromatic rings. The van der Waals surface area contributed by atoms with Crippen LogP contribution < -0.4 is 0 Å². The standard InChI is InChI=1S/C28H28N2O/c1-19(2)24-16-22-10-7-13-30-27(22)25(17-24)21-9-5-8-20(14-21)15-26(28(3,4)31)23-11-6-12-29-18-23/h5-19,31H,1-4H3/b26-15+. The summed E-state index contributed by atoms with van der Waals surface area (Å²) in [7, 11) is 0. The lowest BCUT2D eigenvalue weighted by Gasteiger charge is -2.22. The number of benzene rings is 2. The zero-order valence-corrected chi connectivity index (χ0v) is 18.5. The van der Waals surface area contributed by atoms with Gasteiger partial charge in [0, 0.05) is 29.5 Å². The van der Waals surface area contributed by atoms with Crippen molar-refractivity contribution in [2.24, 2.45) is 0 Å². The predicted molar refractivity (Wildman–Crippen MR) is 130 cm³/mol. The van der Waals surface area contributed by atoms with Crippen LogP contribution in [0.25, 0.3) is 33.7 Å². The fraction of sp³-hybridized carbons (Fsp3) is 0.214. The summed E-state index contributed by atoms with van der Waals surface area (Å²) in [5.41, 5.74) is 6.31. The Morgan fingerprint density at radius 2 is 1.77 bits per heavy atom. The van der Waals surface area contributed by atoms with Crippen LogP contribution in [0.4, 0.5) is 0 Å². The zero-order chi connectivity index (χ0) is 22.0. The van der Waals surface area contributed by atoms with Gasteiger partial charge in [-0.2, -0.15) is 0 Å². The molecule has 2 aromatic carbocycles. The molecule has 0 saturated heterocycles. The van der Waals surface area contributed by atoms with E-state index >= 15 is 0 Å². The van der Waals surface area contributed by atoms with Crippen molar-refractivity contribution < 1.29 is 5.11 Å². The van der Waals surface area contributed by atoms with E-state index in [-0.39, 0.29) is 0 Å². The van der Waals surface area contributed by atoms with Crippen LogP contribution in [0.1, 0.15) is 50.3 Å². The smallest absolute Gasteiger partial charge is 0.0847 e. The van der Waals surface area contributed by atoms with Crippen LogP contribution in [-0.4, -0.2) is 20.7 Å². The van der Waals surface area contributed by atoms with E-state index in [1.807, 2.05) is 30.5 Å². The van der Waals surface area contributed by atoms with Crippen molar-refractivity contribution in [1.82, 2.24) is 9.97 Å². The van der Waals surface area contributed by atoms with Crippen LogP contribution in [0.5, 0.6) is 0 Å². The van der Waals surface area contributed by atoms with E-state index in [4.69, 9.17) is 0 Å². The Hall–Kier alpha value is -3.30. The molecular formula is C28H28N2O. The first kappa shape index (κ1) is 21.0. The monoisotopic (exact) mass is 408 g/mol. The lowest BCUT2D eigenvalue weighted by atomic mass is 9.89. The van der Waals surface area contributed by atoms with Crippen LogP contribution in [0.15, 0.2) is 79.3 Å². The third-order valence-corrected chi connectivity index (χ3v) is 5.53. The maximum Gasteiger partial charge on any atom is 0.0847 e. The molecular weight excluding hydrogens is 380 g/mol. The summed E-state index contributed by atoms with van der Waals surface area (Å²) < 4.78 is 0. The van der Waals surface area contributed by atoms with Crippen molar-refractivity contribution in [1.29, 1.82) is 0 Å². The Morgan fingerprint density at radius 3 is 2.48 bits per heavy atom. The van der Waals surface area contributed by atoms with Gasteiger partial charge in [0.25, 0.3) is 0 Å². The fourth-order valence-electron chi connectivity index (χ4n) is 3.87. The first-order valence-corrected chi connectivity index (χ1v) is 10.7. The summed E-state index contributed by atoms with van der Waals surface area (Å²) in [4.78, 5) is 8.90. The highest BCUT2D eigenvalue weighted by molar-refractivity contribution is 5.95. The highest BCUT2D eigenvalue weighted by Crippen LogP contribution is 2.33. The molecule has 2 heterocycles. The largest absolute Gasteiger partial charge is 0.386 e. The van der Waals surface area contributed by atoms with Crippen molar-refractivity contribution in [3.8, 4) is 11.1 Å². The Kier molecular flexibility index (Phi) is 5.71. The fourth-order valence-corrected chi connectivity index (χ4v) is 3.87. The van der Waals surface area contributed by atoms with Crippen LogP contribution in [-0.2, 0) is 0 Å². The number of aromatic nitrogens is 2. The second-order valence-electron chi connectivity index (χ2n) is 8.78. The lowest BCUT2D eigenvalue weighted by molar-refractivity contribution is 0.144. The second-order valence-corrected chi connectivity index (χ2v) is 8.78. The third kappa shape index (κ3) is 4.57. The summed E-state index contributed by atoms with van der Waals surface area (Å²) in [5, 5.41) is 12.0. The minimum absolute atomic E-state index is 0.429. The van der Waals surface area contributed by atoms with Gasteiger partial charge in [-0.25, -0.2) is 0 Å². The van der Waals surface area contributed by atoms with Crippen molar-refractivity contribution in [2.45, 2.75) is 39.2 Å². The van der Waals surface area contributed by atoms with Gasteiger partial charge in [-0.3, -0.25) is 9.97 Å².